The number of para-hydroxylation sites is 1. The van der Waals surface area contributed by atoms with Crippen molar-refractivity contribution in [3.63, 3.8) is 0 Å². The van der Waals surface area contributed by atoms with E-state index in [9.17, 15) is 23.3 Å². The van der Waals surface area contributed by atoms with Gasteiger partial charge in [-0.2, -0.15) is 0 Å². The number of anilines is 2. The molecule has 0 radical (unpaired) electrons. The van der Waals surface area contributed by atoms with Crippen molar-refractivity contribution in [3.05, 3.63) is 99.1 Å². The third-order valence-electron chi connectivity index (χ3n) is 4.39. The molecule has 0 aliphatic heterocycles. The molecule has 2 N–H and O–H groups in total. The number of hydrogen-bond donors (Lipinski definition) is 2. The maximum absolute atomic E-state index is 12.9. The number of nitrogens with one attached hydrogen (secondary N) is 2. The van der Waals surface area contributed by atoms with Crippen LogP contribution < -0.4 is 10.0 Å². The van der Waals surface area contributed by atoms with Crippen LogP contribution in [0.3, 0.4) is 0 Å². The molecule has 3 aromatic carbocycles. The van der Waals surface area contributed by atoms with Gasteiger partial charge >= 0.3 is 0 Å². The van der Waals surface area contributed by atoms with Crippen molar-refractivity contribution in [2.24, 2.45) is 0 Å². The van der Waals surface area contributed by atoms with Crippen LogP contribution in [0.4, 0.5) is 17.1 Å². The standard InChI is InChI=1S/C22H18ClN3O5S/c1-15-6-10-17(14-21(15)32(30,31)25-20-5-3-2-4-19(20)23)24-22(27)13-9-16-7-11-18(12-8-16)26(28)29/h2-14,25H,1H3,(H,24,27). The van der Waals surface area contributed by atoms with E-state index in [0.29, 0.717) is 11.1 Å². The van der Waals surface area contributed by atoms with Crippen LogP contribution in [0, 0.1) is 17.0 Å². The van der Waals surface area contributed by atoms with Gasteiger partial charge in [-0.25, -0.2) is 8.42 Å². The van der Waals surface area contributed by atoms with Gasteiger partial charge in [-0.3, -0.25) is 19.6 Å². The number of carbonyl (C=O) groups is 1. The number of aryl methyl sites for hydroxylation is 1. The summed E-state index contributed by atoms with van der Waals surface area (Å²) in [6, 6.07) is 16.7. The van der Waals surface area contributed by atoms with Crippen LogP contribution in [0.15, 0.2) is 77.7 Å². The summed E-state index contributed by atoms with van der Waals surface area (Å²) in [6.45, 7) is 1.64. The predicted molar refractivity (Wildman–Crippen MR) is 124 cm³/mol. The first-order valence-corrected chi connectivity index (χ1v) is 11.1. The minimum atomic E-state index is -3.95. The van der Waals surface area contributed by atoms with Crippen molar-refractivity contribution < 1.29 is 18.1 Å². The molecular weight excluding hydrogens is 454 g/mol. The summed E-state index contributed by atoms with van der Waals surface area (Å²) in [5, 5.41) is 13.6. The Bertz CT molecular complexity index is 1310. The van der Waals surface area contributed by atoms with E-state index in [0.717, 1.165) is 0 Å². The number of non-ortho nitro benzene ring substituents is 1. The van der Waals surface area contributed by atoms with Gasteiger partial charge in [0, 0.05) is 23.9 Å². The zero-order valence-electron chi connectivity index (χ0n) is 16.8. The van der Waals surface area contributed by atoms with E-state index in [2.05, 4.69) is 10.0 Å². The molecule has 0 spiro atoms. The summed E-state index contributed by atoms with van der Waals surface area (Å²) >= 11 is 6.04. The van der Waals surface area contributed by atoms with E-state index in [1.807, 2.05) is 0 Å². The Hall–Kier alpha value is -3.69. The van der Waals surface area contributed by atoms with E-state index in [1.54, 1.807) is 43.3 Å². The van der Waals surface area contributed by atoms with Crippen LogP contribution in [0.1, 0.15) is 11.1 Å². The van der Waals surface area contributed by atoms with Crippen LogP contribution >= 0.6 is 11.6 Å². The average Bonchev–Trinajstić information content (AvgIpc) is 2.75. The Kier molecular flexibility index (Phi) is 6.92. The largest absolute Gasteiger partial charge is 0.322 e. The molecule has 0 bridgehead atoms. The summed E-state index contributed by atoms with van der Waals surface area (Å²) < 4.78 is 28.2. The lowest BCUT2D eigenvalue weighted by Crippen LogP contribution is -2.15. The Morgan fingerprint density at radius 3 is 2.41 bits per heavy atom. The summed E-state index contributed by atoms with van der Waals surface area (Å²) in [5.74, 6) is -0.491. The van der Waals surface area contributed by atoms with Gasteiger partial charge in [0.15, 0.2) is 0 Å². The van der Waals surface area contributed by atoms with Crippen LogP contribution in [0.2, 0.25) is 5.02 Å². The zero-order valence-corrected chi connectivity index (χ0v) is 18.4. The Balaban J connectivity index is 1.75. The maximum atomic E-state index is 12.9. The minimum Gasteiger partial charge on any atom is -0.322 e. The first-order valence-electron chi connectivity index (χ1n) is 9.27. The van der Waals surface area contributed by atoms with Crippen LogP contribution in [0.25, 0.3) is 6.08 Å². The van der Waals surface area contributed by atoms with Gasteiger partial charge in [-0.15, -0.1) is 0 Å². The summed E-state index contributed by atoms with van der Waals surface area (Å²) in [5.41, 5.74) is 1.57. The van der Waals surface area contributed by atoms with E-state index in [4.69, 9.17) is 11.6 Å². The molecule has 0 fully saturated rings. The van der Waals surface area contributed by atoms with Gasteiger partial charge in [-0.05, 0) is 60.5 Å². The molecular formula is C22H18ClN3O5S. The van der Waals surface area contributed by atoms with Gasteiger partial charge in [0.2, 0.25) is 5.91 Å². The normalized spacial score (nSPS) is 11.3. The highest BCUT2D eigenvalue weighted by Crippen LogP contribution is 2.27. The number of nitro benzene ring substituents is 1. The third kappa shape index (κ3) is 5.71. The molecule has 0 heterocycles. The molecule has 32 heavy (non-hydrogen) atoms. The van der Waals surface area contributed by atoms with Crippen LogP contribution in [0.5, 0.6) is 0 Å². The number of nitro groups is 1. The van der Waals surface area contributed by atoms with E-state index in [-0.39, 0.29) is 27.0 Å². The fraction of sp³-hybridized carbons (Fsp3) is 0.0455. The number of rotatable bonds is 7. The first-order chi connectivity index (χ1) is 15.2. The van der Waals surface area contributed by atoms with Crippen molar-refractivity contribution in [3.8, 4) is 0 Å². The van der Waals surface area contributed by atoms with Crippen molar-refractivity contribution in [2.75, 3.05) is 10.0 Å². The van der Waals surface area contributed by atoms with Crippen LogP contribution in [-0.4, -0.2) is 19.2 Å². The van der Waals surface area contributed by atoms with Crippen LogP contribution in [-0.2, 0) is 14.8 Å². The lowest BCUT2D eigenvalue weighted by Gasteiger charge is -2.13. The fourth-order valence-corrected chi connectivity index (χ4v) is 4.36. The van der Waals surface area contributed by atoms with Gasteiger partial charge in [0.1, 0.15) is 0 Å². The number of sulfonamides is 1. The first kappa shape index (κ1) is 23.0. The van der Waals surface area contributed by atoms with Crippen molar-refractivity contribution in [1.82, 2.24) is 0 Å². The molecule has 164 valence electrons. The molecule has 0 unspecified atom stereocenters. The van der Waals surface area contributed by atoms with Crippen molar-refractivity contribution in [1.29, 1.82) is 0 Å². The molecule has 3 aromatic rings. The topological polar surface area (TPSA) is 118 Å². The number of halogens is 1. The fourth-order valence-electron chi connectivity index (χ4n) is 2.77. The number of amides is 1. The molecule has 0 aromatic heterocycles. The number of hydrogen-bond acceptors (Lipinski definition) is 5. The second kappa shape index (κ2) is 9.63. The number of nitrogens with zero attached hydrogens (tertiary/aromatic N) is 1. The second-order valence-corrected chi connectivity index (χ2v) is 8.79. The average molecular weight is 472 g/mol. The third-order valence-corrected chi connectivity index (χ3v) is 6.23. The van der Waals surface area contributed by atoms with Gasteiger partial charge in [0.05, 0.1) is 20.5 Å². The zero-order chi connectivity index (χ0) is 23.3. The second-order valence-electron chi connectivity index (χ2n) is 6.74. The van der Waals surface area contributed by atoms with Gasteiger partial charge < -0.3 is 5.32 Å². The van der Waals surface area contributed by atoms with Crippen molar-refractivity contribution in [2.45, 2.75) is 11.8 Å². The Labute approximate surface area is 189 Å². The summed E-state index contributed by atoms with van der Waals surface area (Å²) in [4.78, 5) is 22.4. The molecule has 0 atom stereocenters. The Morgan fingerprint density at radius 1 is 1.06 bits per heavy atom. The lowest BCUT2D eigenvalue weighted by atomic mass is 10.2. The van der Waals surface area contributed by atoms with E-state index in [1.165, 1.54) is 42.5 Å². The highest BCUT2D eigenvalue weighted by atomic mass is 35.5. The highest BCUT2D eigenvalue weighted by molar-refractivity contribution is 7.92. The smallest absolute Gasteiger partial charge is 0.269 e. The molecule has 0 saturated heterocycles. The molecule has 0 saturated carbocycles. The Morgan fingerprint density at radius 2 is 1.75 bits per heavy atom. The van der Waals surface area contributed by atoms with Crippen molar-refractivity contribution >= 4 is 50.7 Å². The quantitative estimate of drug-likeness (QED) is 0.285. The maximum Gasteiger partial charge on any atom is 0.269 e. The van der Waals surface area contributed by atoms with E-state index < -0.39 is 20.9 Å². The summed E-state index contributed by atoms with van der Waals surface area (Å²) in [7, 11) is -3.95. The molecule has 8 nitrogen and oxygen atoms in total. The number of carbonyl (C=O) groups excluding carboxylic acids is 1. The minimum absolute atomic E-state index is 0.00503. The molecule has 1 amide bonds. The number of benzene rings is 3. The summed E-state index contributed by atoms with van der Waals surface area (Å²) in [6.07, 6.45) is 2.74. The van der Waals surface area contributed by atoms with Gasteiger partial charge in [-0.1, -0.05) is 29.8 Å². The highest BCUT2D eigenvalue weighted by Gasteiger charge is 2.19. The lowest BCUT2D eigenvalue weighted by molar-refractivity contribution is -0.384. The predicted octanol–water partition coefficient (Wildman–Crippen LogP) is 5.01. The van der Waals surface area contributed by atoms with Gasteiger partial charge in [0.25, 0.3) is 15.7 Å². The SMILES string of the molecule is Cc1ccc(NC(=O)C=Cc2ccc([N+](=O)[O-])cc2)cc1S(=O)(=O)Nc1ccccc1Cl. The van der Waals surface area contributed by atoms with E-state index >= 15 is 0 Å². The molecule has 10 heteroatoms. The molecule has 0 aliphatic carbocycles. The molecule has 3 rings (SSSR count). The monoisotopic (exact) mass is 471 g/mol. The molecule has 0 aliphatic rings.